The van der Waals surface area contributed by atoms with E-state index < -0.39 is 12.1 Å². The number of hydrogen-bond donors (Lipinski definition) is 0. The van der Waals surface area contributed by atoms with Crippen LogP contribution in [0.15, 0.2) is 47.1 Å². The topological polar surface area (TPSA) is 70.3 Å². The van der Waals surface area contributed by atoms with Gasteiger partial charge in [-0.25, -0.2) is 4.98 Å². The lowest BCUT2D eigenvalue weighted by Gasteiger charge is -2.07. The Morgan fingerprint density at radius 1 is 1.11 bits per heavy atom. The van der Waals surface area contributed by atoms with E-state index in [1.54, 1.807) is 7.11 Å². The van der Waals surface area contributed by atoms with Crippen LogP contribution in [0, 0.1) is 0 Å². The van der Waals surface area contributed by atoms with Gasteiger partial charge in [0, 0.05) is 31.4 Å². The normalized spacial score (nSPS) is 11.6. The largest absolute Gasteiger partial charge is 0.477 e. The van der Waals surface area contributed by atoms with Crippen LogP contribution in [-0.2, 0) is 23.9 Å². The van der Waals surface area contributed by atoms with Gasteiger partial charge in [0.05, 0.1) is 13.2 Å². The quantitative estimate of drug-likeness (QED) is 0.620. The lowest BCUT2D eigenvalue weighted by atomic mass is 10.1. The molecule has 0 aliphatic carbocycles. The maximum Gasteiger partial charge on any atom is 0.471 e. The first-order valence-corrected chi connectivity index (χ1v) is 8.02. The Hall–Kier alpha value is -2.94. The lowest BCUT2D eigenvalue weighted by molar-refractivity contribution is -0.159. The molecule has 9 heteroatoms. The predicted octanol–water partition coefficient (Wildman–Crippen LogP) is 3.92. The average molecular weight is 379 g/mol. The fourth-order valence-electron chi connectivity index (χ4n) is 2.40. The van der Waals surface area contributed by atoms with Gasteiger partial charge >= 0.3 is 12.1 Å². The fraction of sp³-hybridized carbons (Fsp3) is 0.278. The first-order valence-electron chi connectivity index (χ1n) is 8.02. The molecule has 1 aromatic carbocycles. The van der Waals surface area contributed by atoms with Crippen LogP contribution in [0.25, 0.3) is 11.4 Å². The van der Waals surface area contributed by atoms with Gasteiger partial charge in [-0.3, -0.25) is 0 Å². The molecule has 6 nitrogen and oxygen atoms in total. The number of rotatable bonds is 7. The molecule has 0 bridgehead atoms. The Morgan fingerprint density at radius 2 is 1.93 bits per heavy atom. The minimum Gasteiger partial charge on any atom is -0.477 e. The summed E-state index contributed by atoms with van der Waals surface area (Å²) < 4.78 is 52.6. The summed E-state index contributed by atoms with van der Waals surface area (Å²) in [5, 5.41) is 3.35. The van der Waals surface area contributed by atoms with Gasteiger partial charge in [0.2, 0.25) is 11.7 Å². The first kappa shape index (κ1) is 18.8. The van der Waals surface area contributed by atoms with E-state index in [0.29, 0.717) is 25.2 Å². The second kappa shape index (κ2) is 8.17. The fourth-order valence-corrected chi connectivity index (χ4v) is 2.40. The molecule has 0 radical (unpaired) electrons. The third-order valence-electron chi connectivity index (χ3n) is 3.60. The first-order chi connectivity index (χ1) is 13.0. The smallest absolute Gasteiger partial charge is 0.471 e. The summed E-state index contributed by atoms with van der Waals surface area (Å²) in [6, 6.07) is 10.9. The number of methoxy groups -OCH3 is 1. The molecule has 0 aliphatic heterocycles. The molecule has 3 aromatic rings. The number of hydrogen-bond acceptors (Lipinski definition) is 6. The monoisotopic (exact) mass is 379 g/mol. The van der Waals surface area contributed by atoms with Gasteiger partial charge in [-0.1, -0.05) is 29.4 Å². The van der Waals surface area contributed by atoms with E-state index in [4.69, 9.17) is 9.47 Å². The maximum atomic E-state index is 12.6. The lowest BCUT2D eigenvalue weighted by Crippen LogP contribution is -2.05. The molecule has 0 amide bonds. The maximum absolute atomic E-state index is 12.6. The molecule has 2 aromatic heterocycles. The number of benzene rings is 1. The standard InChI is InChI=1S/C18H16F3N3O3/c1-25-11-13-4-2-3-12(9-13)6-8-26-15-10-14(5-7-22-15)16-23-17(27-24-16)18(19,20)21/h2-5,7,9-10H,6,8,11H2,1H3. The third-order valence-corrected chi connectivity index (χ3v) is 3.60. The van der Waals surface area contributed by atoms with Crippen molar-refractivity contribution in [2.24, 2.45) is 0 Å². The van der Waals surface area contributed by atoms with E-state index in [1.807, 2.05) is 24.3 Å². The van der Waals surface area contributed by atoms with E-state index >= 15 is 0 Å². The van der Waals surface area contributed by atoms with E-state index in [2.05, 4.69) is 19.6 Å². The Kier molecular flexibility index (Phi) is 5.70. The van der Waals surface area contributed by atoms with Crippen LogP contribution in [-0.4, -0.2) is 28.8 Å². The van der Waals surface area contributed by atoms with Crippen molar-refractivity contribution in [1.29, 1.82) is 0 Å². The minimum absolute atomic E-state index is 0.179. The van der Waals surface area contributed by atoms with Crippen LogP contribution < -0.4 is 4.74 Å². The Bertz CT molecular complexity index is 897. The zero-order valence-electron chi connectivity index (χ0n) is 14.4. The van der Waals surface area contributed by atoms with Crippen LogP contribution in [0.1, 0.15) is 17.0 Å². The summed E-state index contributed by atoms with van der Waals surface area (Å²) in [6.45, 7) is 0.885. The summed E-state index contributed by atoms with van der Waals surface area (Å²) in [7, 11) is 1.63. The van der Waals surface area contributed by atoms with Gasteiger partial charge in [-0.2, -0.15) is 18.2 Å². The molecule has 0 atom stereocenters. The van der Waals surface area contributed by atoms with E-state index in [1.165, 1.54) is 18.3 Å². The molecule has 0 spiro atoms. The van der Waals surface area contributed by atoms with Gasteiger partial charge in [0.15, 0.2) is 0 Å². The van der Waals surface area contributed by atoms with Crippen LogP contribution in [0.5, 0.6) is 5.88 Å². The Labute approximate surface area is 152 Å². The molecule has 2 heterocycles. The van der Waals surface area contributed by atoms with Crippen molar-refractivity contribution in [2.45, 2.75) is 19.2 Å². The summed E-state index contributed by atoms with van der Waals surface area (Å²) in [5.74, 6) is -1.31. The van der Waals surface area contributed by atoms with Crippen LogP contribution in [0.3, 0.4) is 0 Å². The molecule has 3 rings (SSSR count). The molecule has 0 N–H and O–H groups in total. The molecule has 0 unspecified atom stereocenters. The average Bonchev–Trinajstić information content (AvgIpc) is 3.13. The molecule has 0 fully saturated rings. The van der Waals surface area contributed by atoms with Crippen LogP contribution in [0.4, 0.5) is 13.2 Å². The zero-order valence-corrected chi connectivity index (χ0v) is 14.4. The molecular formula is C18H16F3N3O3. The number of ether oxygens (including phenoxy) is 2. The molecule has 142 valence electrons. The highest BCUT2D eigenvalue weighted by Crippen LogP contribution is 2.29. The van der Waals surface area contributed by atoms with Crippen LogP contribution in [0.2, 0.25) is 0 Å². The SMILES string of the molecule is COCc1cccc(CCOc2cc(-c3noc(C(F)(F)F)n3)ccn2)c1. The highest BCUT2D eigenvalue weighted by Gasteiger charge is 2.38. The van der Waals surface area contributed by atoms with Gasteiger partial charge < -0.3 is 14.0 Å². The van der Waals surface area contributed by atoms with Gasteiger partial charge in [-0.05, 0) is 17.2 Å². The van der Waals surface area contributed by atoms with Gasteiger partial charge in [-0.15, -0.1) is 0 Å². The van der Waals surface area contributed by atoms with Crippen molar-refractivity contribution < 1.29 is 27.2 Å². The Morgan fingerprint density at radius 3 is 2.67 bits per heavy atom. The van der Waals surface area contributed by atoms with Gasteiger partial charge in [0.1, 0.15) is 0 Å². The Balaban J connectivity index is 1.63. The molecule has 0 saturated heterocycles. The molecule has 0 aliphatic rings. The highest BCUT2D eigenvalue weighted by molar-refractivity contribution is 5.55. The third kappa shape index (κ3) is 5.04. The highest BCUT2D eigenvalue weighted by atomic mass is 19.4. The van der Waals surface area contributed by atoms with Crippen molar-refractivity contribution in [3.63, 3.8) is 0 Å². The second-order valence-corrected chi connectivity index (χ2v) is 5.66. The number of alkyl halides is 3. The zero-order chi connectivity index (χ0) is 19.3. The van der Waals surface area contributed by atoms with Crippen molar-refractivity contribution in [2.75, 3.05) is 13.7 Å². The van der Waals surface area contributed by atoms with Crippen molar-refractivity contribution in [3.05, 3.63) is 59.6 Å². The van der Waals surface area contributed by atoms with Crippen LogP contribution >= 0.6 is 0 Å². The number of halogens is 3. The van der Waals surface area contributed by atoms with E-state index in [-0.39, 0.29) is 11.7 Å². The summed E-state index contributed by atoms with van der Waals surface area (Å²) in [4.78, 5) is 7.40. The molecule has 27 heavy (non-hydrogen) atoms. The van der Waals surface area contributed by atoms with Crippen molar-refractivity contribution in [1.82, 2.24) is 15.1 Å². The predicted molar refractivity (Wildman–Crippen MR) is 88.9 cm³/mol. The molecular weight excluding hydrogens is 363 g/mol. The summed E-state index contributed by atoms with van der Waals surface area (Å²) in [5.41, 5.74) is 2.46. The number of pyridine rings is 1. The summed E-state index contributed by atoms with van der Waals surface area (Å²) in [6.07, 6.45) is -2.63. The number of nitrogens with zero attached hydrogens (tertiary/aromatic N) is 3. The number of aromatic nitrogens is 3. The minimum atomic E-state index is -4.69. The van der Waals surface area contributed by atoms with E-state index in [9.17, 15) is 13.2 Å². The van der Waals surface area contributed by atoms with Gasteiger partial charge in [0.25, 0.3) is 0 Å². The van der Waals surface area contributed by atoms with Crippen molar-refractivity contribution in [3.8, 4) is 17.3 Å². The summed E-state index contributed by atoms with van der Waals surface area (Å²) >= 11 is 0. The second-order valence-electron chi connectivity index (χ2n) is 5.66. The molecule has 0 saturated carbocycles. The van der Waals surface area contributed by atoms with Crippen molar-refractivity contribution >= 4 is 0 Å². The van der Waals surface area contributed by atoms with E-state index in [0.717, 1.165) is 11.1 Å².